The lowest BCUT2D eigenvalue weighted by molar-refractivity contribution is -0.123. The minimum Gasteiger partial charge on any atom is -0.449 e. The zero-order chi connectivity index (χ0) is 22.7. The van der Waals surface area contributed by atoms with E-state index in [1.54, 1.807) is 6.07 Å². The summed E-state index contributed by atoms with van der Waals surface area (Å²) in [6.45, 7) is 6.04. The Bertz CT molecular complexity index is 1160. The molecule has 1 aliphatic rings. The highest BCUT2D eigenvalue weighted by atomic mass is 19.1. The number of carbonyl (C=O) groups excluding carboxylic acids is 2. The predicted octanol–water partition coefficient (Wildman–Crippen LogP) is 4.33. The van der Waals surface area contributed by atoms with Crippen LogP contribution in [0.15, 0.2) is 48.5 Å². The molecule has 7 heteroatoms. The largest absolute Gasteiger partial charge is 0.449 e. The van der Waals surface area contributed by atoms with E-state index in [4.69, 9.17) is 9.72 Å². The Morgan fingerprint density at radius 1 is 1.19 bits per heavy atom. The second kappa shape index (κ2) is 9.44. The highest BCUT2D eigenvalue weighted by Crippen LogP contribution is 2.29. The van der Waals surface area contributed by atoms with Crippen molar-refractivity contribution in [3.8, 4) is 0 Å². The van der Waals surface area contributed by atoms with Gasteiger partial charge < -0.3 is 10.1 Å². The van der Waals surface area contributed by atoms with Gasteiger partial charge in [0.15, 0.2) is 6.10 Å². The van der Waals surface area contributed by atoms with Gasteiger partial charge in [-0.1, -0.05) is 37.3 Å². The number of aromatic nitrogens is 1. The molecule has 1 amide bonds. The first-order valence-electron chi connectivity index (χ1n) is 10.9. The Morgan fingerprint density at radius 3 is 2.72 bits per heavy atom. The topological polar surface area (TPSA) is 71.5 Å². The van der Waals surface area contributed by atoms with Crippen LogP contribution in [0.3, 0.4) is 0 Å². The molecule has 1 aromatic heterocycles. The number of fused-ring (bicyclic) bond motifs is 2. The number of hydrogen-bond acceptors (Lipinski definition) is 5. The fourth-order valence-corrected chi connectivity index (χ4v) is 4.06. The SMILES string of the molecule is CCCN1CCc2nc3ccccc3c(C(=O)OC(C)C(=O)Nc3ccccc3F)c2C1. The van der Waals surface area contributed by atoms with E-state index in [-0.39, 0.29) is 5.69 Å². The van der Waals surface area contributed by atoms with Crippen molar-refractivity contribution >= 4 is 28.5 Å². The van der Waals surface area contributed by atoms with E-state index in [9.17, 15) is 14.0 Å². The van der Waals surface area contributed by atoms with Crippen LogP contribution in [0.25, 0.3) is 10.9 Å². The molecule has 0 saturated heterocycles. The van der Waals surface area contributed by atoms with Crippen LogP contribution in [0, 0.1) is 5.82 Å². The van der Waals surface area contributed by atoms with Crippen LogP contribution in [0.4, 0.5) is 10.1 Å². The smallest absolute Gasteiger partial charge is 0.339 e. The van der Waals surface area contributed by atoms with Gasteiger partial charge in [0.2, 0.25) is 0 Å². The third-order valence-corrected chi connectivity index (χ3v) is 5.65. The van der Waals surface area contributed by atoms with E-state index in [1.807, 2.05) is 24.3 Å². The summed E-state index contributed by atoms with van der Waals surface area (Å²) in [5.41, 5.74) is 2.98. The molecule has 2 aromatic carbocycles. The van der Waals surface area contributed by atoms with Crippen molar-refractivity contribution in [2.24, 2.45) is 0 Å². The van der Waals surface area contributed by atoms with Gasteiger partial charge in [-0.15, -0.1) is 0 Å². The minimum atomic E-state index is -1.10. The lowest BCUT2D eigenvalue weighted by atomic mass is 9.95. The molecule has 1 unspecified atom stereocenters. The van der Waals surface area contributed by atoms with Crippen LogP contribution >= 0.6 is 0 Å². The molecule has 4 rings (SSSR count). The molecule has 0 aliphatic carbocycles. The summed E-state index contributed by atoms with van der Waals surface area (Å²) >= 11 is 0. The van der Waals surface area contributed by atoms with E-state index in [1.165, 1.54) is 25.1 Å². The molecule has 6 nitrogen and oxygen atoms in total. The Kier molecular flexibility index (Phi) is 6.46. The molecule has 1 atom stereocenters. The van der Waals surface area contributed by atoms with Crippen molar-refractivity contribution in [3.05, 3.63) is 71.2 Å². The highest BCUT2D eigenvalue weighted by molar-refractivity contribution is 6.06. The van der Waals surface area contributed by atoms with E-state index >= 15 is 0 Å². The van der Waals surface area contributed by atoms with Gasteiger partial charge in [0.25, 0.3) is 5.91 Å². The Hall–Kier alpha value is -3.32. The number of rotatable bonds is 6. The van der Waals surface area contributed by atoms with E-state index in [0.717, 1.165) is 42.7 Å². The molecule has 32 heavy (non-hydrogen) atoms. The molecule has 1 aliphatic heterocycles. The van der Waals surface area contributed by atoms with Crippen molar-refractivity contribution in [3.63, 3.8) is 0 Å². The Balaban J connectivity index is 1.62. The zero-order valence-electron chi connectivity index (χ0n) is 18.2. The summed E-state index contributed by atoms with van der Waals surface area (Å²) in [4.78, 5) is 32.9. The van der Waals surface area contributed by atoms with Gasteiger partial charge in [-0.25, -0.2) is 9.18 Å². The number of esters is 1. The first kappa shape index (κ1) is 21.9. The maximum absolute atomic E-state index is 13.9. The van der Waals surface area contributed by atoms with Crippen LogP contribution < -0.4 is 5.32 Å². The second-order valence-corrected chi connectivity index (χ2v) is 7.97. The molecule has 0 spiro atoms. The number of pyridine rings is 1. The van der Waals surface area contributed by atoms with Crippen molar-refractivity contribution < 1.29 is 18.7 Å². The fourth-order valence-electron chi connectivity index (χ4n) is 4.06. The Morgan fingerprint density at radius 2 is 1.94 bits per heavy atom. The number of halogens is 1. The molecule has 166 valence electrons. The van der Waals surface area contributed by atoms with Crippen molar-refractivity contribution in [1.82, 2.24) is 9.88 Å². The van der Waals surface area contributed by atoms with E-state index < -0.39 is 23.8 Å². The van der Waals surface area contributed by atoms with Crippen LogP contribution in [0.5, 0.6) is 0 Å². The van der Waals surface area contributed by atoms with Crippen molar-refractivity contribution in [2.75, 3.05) is 18.4 Å². The van der Waals surface area contributed by atoms with Gasteiger partial charge in [-0.2, -0.15) is 0 Å². The first-order valence-corrected chi connectivity index (χ1v) is 10.9. The summed E-state index contributed by atoms with van der Waals surface area (Å²) < 4.78 is 19.4. The third kappa shape index (κ3) is 4.48. The number of amides is 1. The van der Waals surface area contributed by atoms with Gasteiger partial charge in [0, 0.05) is 36.2 Å². The predicted molar refractivity (Wildman–Crippen MR) is 121 cm³/mol. The van der Waals surface area contributed by atoms with Gasteiger partial charge in [0.1, 0.15) is 5.82 Å². The molecular formula is C25H26FN3O3. The van der Waals surface area contributed by atoms with Crippen LogP contribution in [0.1, 0.15) is 41.9 Å². The van der Waals surface area contributed by atoms with Gasteiger partial charge >= 0.3 is 5.97 Å². The summed E-state index contributed by atoms with van der Waals surface area (Å²) in [6, 6.07) is 13.3. The Labute approximate surface area is 186 Å². The first-order chi connectivity index (χ1) is 15.5. The number of anilines is 1. The number of nitrogens with one attached hydrogen (secondary N) is 1. The monoisotopic (exact) mass is 435 g/mol. The van der Waals surface area contributed by atoms with E-state index in [2.05, 4.69) is 17.1 Å². The molecule has 2 heterocycles. The maximum Gasteiger partial charge on any atom is 0.339 e. The van der Waals surface area contributed by atoms with Crippen LogP contribution in [0.2, 0.25) is 0 Å². The number of para-hydroxylation sites is 2. The molecule has 3 aromatic rings. The molecular weight excluding hydrogens is 409 g/mol. The molecule has 0 bridgehead atoms. The number of carbonyl (C=O) groups is 2. The van der Waals surface area contributed by atoms with Gasteiger partial charge in [0.05, 0.1) is 16.8 Å². The number of benzene rings is 2. The van der Waals surface area contributed by atoms with Crippen molar-refractivity contribution in [1.29, 1.82) is 0 Å². The minimum absolute atomic E-state index is 0.0438. The molecule has 1 N–H and O–H groups in total. The van der Waals surface area contributed by atoms with E-state index in [0.29, 0.717) is 17.5 Å². The van der Waals surface area contributed by atoms with Gasteiger partial charge in [-0.05, 0) is 38.1 Å². The normalized spacial score (nSPS) is 14.6. The fraction of sp³-hybridized carbons (Fsp3) is 0.320. The van der Waals surface area contributed by atoms with Crippen LogP contribution in [-0.2, 0) is 22.5 Å². The summed E-state index contributed by atoms with van der Waals surface area (Å²) in [5, 5.41) is 3.18. The lowest BCUT2D eigenvalue weighted by Gasteiger charge is -2.29. The molecule has 0 fully saturated rings. The average molecular weight is 435 g/mol. The summed E-state index contributed by atoms with van der Waals surface area (Å²) in [6.07, 6.45) is 0.674. The lowest BCUT2D eigenvalue weighted by Crippen LogP contribution is -2.34. The molecule has 0 saturated carbocycles. The van der Waals surface area contributed by atoms with Crippen molar-refractivity contribution in [2.45, 2.75) is 39.3 Å². The zero-order valence-corrected chi connectivity index (χ0v) is 18.2. The number of ether oxygens (including phenoxy) is 1. The van der Waals surface area contributed by atoms with Crippen LogP contribution in [-0.4, -0.2) is 41.0 Å². The summed E-state index contributed by atoms with van der Waals surface area (Å²) in [7, 11) is 0. The van der Waals surface area contributed by atoms with Gasteiger partial charge in [-0.3, -0.25) is 14.7 Å². The second-order valence-electron chi connectivity index (χ2n) is 7.97. The standard InChI is InChI=1S/C25H26FN3O3/c1-3-13-29-14-12-21-18(15-29)23(17-8-4-6-10-20(17)27-21)25(31)32-16(2)24(30)28-22-11-7-5-9-19(22)26/h4-11,16H,3,12-15H2,1-2H3,(H,28,30). The third-order valence-electron chi connectivity index (χ3n) is 5.65. The molecule has 0 radical (unpaired) electrons. The summed E-state index contributed by atoms with van der Waals surface area (Å²) in [5.74, 6) is -1.72. The average Bonchev–Trinajstić information content (AvgIpc) is 2.79. The quantitative estimate of drug-likeness (QED) is 0.584. The maximum atomic E-state index is 13.9. The number of nitrogens with zero attached hydrogens (tertiary/aromatic N) is 2. The highest BCUT2D eigenvalue weighted by Gasteiger charge is 2.28. The number of hydrogen-bond donors (Lipinski definition) is 1.